The van der Waals surface area contributed by atoms with Gasteiger partial charge in [0.2, 0.25) is 5.69 Å². The lowest BCUT2D eigenvalue weighted by Crippen LogP contribution is -3.00. The van der Waals surface area contributed by atoms with Gasteiger partial charge in [0.25, 0.3) is 0 Å². The van der Waals surface area contributed by atoms with Crippen molar-refractivity contribution in [3.8, 4) is 0 Å². The summed E-state index contributed by atoms with van der Waals surface area (Å²) in [6, 6.07) is 35.5. The van der Waals surface area contributed by atoms with Crippen LogP contribution in [0.1, 0.15) is 61.1 Å². The highest BCUT2D eigenvalue weighted by atomic mass is 79.9. The summed E-state index contributed by atoms with van der Waals surface area (Å²) in [6.07, 6.45) is 11.2. The minimum absolute atomic E-state index is 0. The number of para-hydroxylation sites is 2. The summed E-state index contributed by atoms with van der Waals surface area (Å²) in [5.74, 6) is 0. The number of nitrogens with zero attached hydrogens (tertiary/aromatic N) is 2. The smallest absolute Gasteiger partial charge is 0.210 e. The van der Waals surface area contributed by atoms with Gasteiger partial charge in [-0.2, -0.15) is 4.58 Å². The van der Waals surface area contributed by atoms with Crippen LogP contribution in [0.25, 0.3) is 0 Å². The molecule has 0 bridgehead atoms. The third-order valence-electron chi connectivity index (χ3n) is 9.25. The van der Waals surface area contributed by atoms with Crippen molar-refractivity contribution in [3.63, 3.8) is 0 Å². The van der Waals surface area contributed by atoms with Crippen molar-refractivity contribution in [1.82, 2.24) is 0 Å². The zero-order chi connectivity index (χ0) is 30.2. The van der Waals surface area contributed by atoms with E-state index < -0.39 is 0 Å². The van der Waals surface area contributed by atoms with Crippen LogP contribution >= 0.6 is 0 Å². The van der Waals surface area contributed by atoms with Crippen molar-refractivity contribution in [2.45, 2.75) is 65.5 Å². The maximum absolute atomic E-state index is 2.49. The first kappa shape index (κ1) is 31.5. The molecule has 0 spiro atoms. The van der Waals surface area contributed by atoms with Crippen molar-refractivity contribution in [2.75, 3.05) is 4.90 Å². The number of aryl methyl sites for hydroxylation is 2. The summed E-state index contributed by atoms with van der Waals surface area (Å²) in [5, 5.41) is 0. The molecule has 0 unspecified atom stereocenters. The Labute approximate surface area is 274 Å². The van der Waals surface area contributed by atoms with Gasteiger partial charge in [0.05, 0.1) is 5.41 Å². The monoisotopic (exact) mass is 642 g/mol. The fourth-order valence-electron chi connectivity index (χ4n) is 6.73. The maximum atomic E-state index is 2.49. The van der Waals surface area contributed by atoms with Crippen LogP contribution in [0.15, 0.2) is 133 Å². The second kappa shape index (κ2) is 12.6. The van der Waals surface area contributed by atoms with Crippen molar-refractivity contribution < 1.29 is 21.6 Å². The quantitative estimate of drug-likeness (QED) is 0.157. The van der Waals surface area contributed by atoms with E-state index in [0.29, 0.717) is 0 Å². The molecule has 0 N–H and O–H groups in total. The number of hydrogen-bond acceptors (Lipinski definition) is 1. The molecule has 0 atom stereocenters. The highest BCUT2D eigenvalue weighted by Gasteiger charge is 2.44. The van der Waals surface area contributed by atoms with Gasteiger partial charge in [0, 0.05) is 46.6 Å². The molecule has 2 nitrogen and oxygen atoms in total. The van der Waals surface area contributed by atoms with Gasteiger partial charge in [-0.3, -0.25) is 0 Å². The van der Waals surface area contributed by atoms with Gasteiger partial charge in [-0.05, 0) is 51.0 Å². The number of benzene rings is 4. The van der Waals surface area contributed by atoms with Gasteiger partial charge in [-0.1, -0.05) is 128 Å². The lowest BCUT2D eigenvalue weighted by Gasteiger charge is -2.27. The molecular formula is C41H43BrN2. The first-order valence-electron chi connectivity index (χ1n) is 15.4. The number of fused-ring (bicyclic) bond motifs is 2. The summed E-state index contributed by atoms with van der Waals surface area (Å²) >= 11 is 0. The van der Waals surface area contributed by atoms with Crippen molar-refractivity contribution in [1.29, 1.82) is 0 Å². The van der Waals surface area contributed by atoms with E-state index in [-0.39, 0.29) is 27.8 Å². The molecule has 0 fully saturated rings. The van der Waals surface area contributed by atoms with E-state index in [1.54, 1.807) is 0 Å². The van der Waals surface area contributed by atoms with E-state index in [2.05, 4.69) is 178 Å². The first-order valence-corrected chi connectivity index (χ1v) is 15.4. The molecule has 0 saturated carbocycles. The lowest BCUT2D eigenvalue weighted by molar-refractivity contribution is -0.455. The second-order valence-corrected chi connectivity index (χ2v) is 13.1. The van der Waals surface area contributed by atoms with E-state index >= 15 is 0 Å². The van der Waals surface area contributed by atoms with Gasteiger partial charge < -0.3 is 21.9 Å². The van der Waals surface area contributed by atoms with Gasteiger partial charge in [0.15, 0.2) is 12.3 Å². The van der Waals surface area contributed by atoms with Gasteiger partial charge in [0.1, 0.15) is 0 Å². The highest BCUT2D eigenvalue weighted by Crippen LogP contribution is 2.48. The Kier molecular flexibility index (Phi) is 9.00. The van der Waals surface area contributed by atoms with Gasteiger partial charge in [-0.25, -0.2) is 0 Å². The number of rotatable bonds is 7. The Morgan fingerprint density at radius 1 is 0.636 bits per heavy atom. The number of allylic oxidation sites excluding steroid dienone is 6. The van der Waals surface area contributed by atoms with Crippen LogP contribution in [0.2, 0.25) is 0 Å². The third-order valence-corrected chi connectivity index (χ3v) is 9.25. The van der Waals surface area contributed by atoms with Crippen molar-refractivity contribution in [3.05, 3.63) is 167 Å². The van der Waals surface area contributed by atoms with Crippen LogP contribution in [0.4, 0.5) is 11.4 Å². The molecule has 44 heavy (non-hydrogen) atoms. The van der Waals surface area contributed by atoms with Crippen molar-refractivity contribution in [2.24, 2.45) is 0 Å². The zero-order valence-corrected chi connectivity index (χ0v) is 28.4. The average molecular weight is 644 g/mol. The van der Waals surface area contributed by atoms with Crippen LogP contribution in [0, 0.1) is 13.8 Å². The average Bonchev–Trinajstić information content (AvgIpc) is 3.34. The van der Waals surface area contributed by atoms with Crippen LogP contribution in [-0.4, -0.2) is 10.3 Å². The minimum Gasteiger partial charge on any atom is -1.00 e. The number of hydrogen-bond donors (Lipinski definition) is 0. The summed E-state index contributed by atoms with van der Waals surface area (Å²) in [6.45, 7) is 15.4. The molecule has 6 rings (SSSR count). The molecule has 2 aliphatic rings. The lowest BCUT2D eigenvalue weighted by atomic mass is 9.81. The Hall–Kier alpha value is -3.95. The summed E-state index contributed by atoms with van der Waals surface area (Å²) in [4.78, 5) is 2.49. The molecule has 0 aromatic heterocycles. The highest BCUT2D eigenvalue weighted by molar-refractivity contribution is 6.03. The molecule has 4 aromatic rings. The fourth-order valence-corrected chi connectivity index (χ4v) is 6.73. The summed E-state index contributed by atoms with van der Waals surface area (Å²) < 4.78 is 2.49. The van der Waals surface area contributed by atoms with Gasteiger partial charge >= 0.3 is 0 Å². The van der Waals surface area contributed by atoms with E-state index in [4.69, 9.17) is 0 Å². The molecular weight excluding hydrogens is 600 g/mol. The second-order valence-electron chi connectivity index (χ2n) is 13.1. The van der Waals surface area contributed by atoms with Gasteiger partial charge in [-0.15, -0.1) is 0 Å². The van der Waals surface area contributed by atoms with E-state index in [9.17, 15) is 0 Å². The Bertz CT molecular complexity index is 1770. The largest absolute Gasteiger partial charge is 1.00 e. The summed E-state index contributed by atoms with van der Waals surface area (Å²) in [5.41, 5.74) is 13.1. The zero-order valence-electron chi connectivity index (χ0n) is 26.8. The molecule has 4 aromatic carbocycles. The Balaban J connectivity index is 0.00000384. The predicted molar refractivity (Wildman–Crippen MR) is 182 cm³/mol. The third kappa shape index (κ3) is 5.90. The van der Waals surface area contributed by atoms with Crippen LogP contribution in [0.3, 0.4) is 0 Å². The van der Waals surface area contributed by atoms with E-state index in [1.165, 1.54) is 56.2 Å². The molecule has 0 saturated heterocycles. The minimum atomic E-state index is -0.0793. The molecule has 0 radical (unpaired) electrons. The van der Waals surface area contributed by atoms with E-state index in [0.717, 1.165) is 13.1 Å². The van der Waals surface area contributed by atoms with E-state index in [1.807, 2.05) is 0 Å². The Morgan fingerprint density at radius 2 is 1.23 bits per heavy atom. The predicted octanol–water partition coefficient (Wildman–Crippen LogP) is 6.88. The van der Waals surface area contributed by atoms with Crippen molar-refractivity contribution >= 4 is 17.1 Å². The number of anilines is 1. The molecule has 0 aliphatic carbocycles. The van der Waals surface area contributed by atoms with Crippen LogP contribution < -0.4 is 21.9 Å². The first-order chi connectivity index (χ1) is 20.7. The molecule has 2 aliphatic heterocycles. The summed E-state index contributed by atoms with van der Waals surface area (Å²) in [7, 11) is 0. The SMILES string of the molecule is Cc1ccc(CN2/C(=C/C=C/C=C/C3=[N+](Cc4ccc(C)cc4)c4ccccc4C3(C)C)C(C)(C)c3ccccc32)cc1.[Br-]. The maximum Gasteiger partial charge on any atom is 0.210 e. The normalized spacial score (nSPS) is 17.4. The molecule has 0 amide bonds. The Morgan fingerprint density at radius 3 is 1.91 bits per heavy atom. The number of halogens is 1. The van der Waals surface area contributed by atoms with Crippen LogP contribution in [0.5, 0.6) is 0 Å². The molecule has 3 heteroatoms. The van der Waals surface area contributed by atoms with Crippen LogP contribution in [-0.2, 0) is 23.9 Å². The molecule has 224 valence electrons. The fraction of sp³-hybridized carbons (Fsp3) is 0.244. The topological polar surface area (TPSA) is 6.25 Å². The molecule has 2 heterocycles. The standard InChI is InChI=1S/C41H43N2.BrH/c1-30-20-24-32(25-21-30)28-42-36-16-12-10-14-34(36)40(3,4)38(42)18-8-7-9-19-39-41(5,6)35-15-11-13-17-37(35)43(39)29-33-26-22-31(2)23-27-33;/h7-27H,28-29H2,1-6H3;1H/q+1;/p-1.